The molecule has 0 rings (SSSR count). The predicted molar refractivity (Wildman–Crippen MR) is 30.9 cm³/mol. The van der Waals surface area contributed by atoms with Gasteiger partial charge in [0, 0.05) is 0 Å². The molecule has 0 fully saturated rings. The third kappa shape index (κ3) is 78.2. The van der Waals surface area contributed by atoms with Crippen molar-refractivity contribution in [2.75, 3.05) is 0 Å². The molecule has 0 bridgehead atoms. The molecule has 6 heteroatoms. The van der Waals surface area contributed by atoms with Crippen molar-refractivity contribution in [1.82, 2.24) is 0 Å². The van der Waals surface area contributed by atoms with Crippen molar-refractivity contribution in [3.8, 4) is 0 Å². The summed E-state index contributed by atoms with van der Waals surface area (Å²) in [5.74, 6) is 0. The SMILES string of the molecule is O=[SH](O)(O)S.[LiH]. The van der Waals surface area contributed by atoms with Gasteiger partial charge in [-0.15, -0.1) is 0 Å². The summed E-state index contributed by atoms with van der Waals surface area (Å²) in [5.41, 5.74) is 0. The summed E-state index contributed by atoms with van der Waals surface area (Å²) in [4.78, 5) is 0. The van der Waals surface area contributed by atoms with Crippen LogP contribution in [0, 0.1) is 0 Å². The van der Waals surface area contributed by atoms with E-state index in [4.69, 9.17) is 9.11 Å². The van der Waals surface area contributed by atoms with Gasteiger partial charge in [-0.25, -0.2) is 4.21 Å². The Morgan fingerprint density at radius 2 is 1.50 bits per heavy atom. The molecule has 0 radical (unpaired) electrons. The first-order valence-corrected chi connectivity index (χ1v) is 3.55. The van der Waals surface area contributed by atoms with Crippen molar-refractivity contribution in [2.24, 2.45) is 0 Å². The normalized spacial score (nSPS) is 12.5. The molecule has 0 unspecified atom stereocenters. The molecule has 0 saturated carbocycles. The van der Waals surface area contributed by atoms with E-state index in [0.29, 0.717) is 0 Å². The second-order valence-electron chi connectivity index (χ2n) is 0.513. The van der Waals surface area contributed by atoms with Crippen molar-refractivity contribution in [3.05, 3.63) is 0 Å². The molecule has 0 aliphatic rings. The van der Waals surface area contributed by atoms with Crippen LogP contribution in [0.2, 0.25) is 0 Å². The van der Waals surface area contributed by atoms with Crippen LogP contribution in [0.25, 0.3) is 0 Å². The van der Waals surface area contributed by atoms with Crippen LogP contribution >= 0.6 is 11.7 Å². The van der Waals surface area contributed by atoms with Crippen molar-refractivity contribution in [2.45, 2.75) is 0 Å². The van der Waals surface area contributed by atoms with Gasteiger partial charge in [-0.2, -0.15) is 0 Å². The maximum atomic E-state index is 9.19. The molecule has 0 heterocycles. The first-order chi connectivity index (χ1) is 2.00. The van der Waals surface area contributed by atoms with Crippen LogP contribution in [0.15, 0.2) is 0 Å². The average molecular weight is 124 g/mol. The third-order valence-electron chi connectivity index (χ3n) is 0. The minimum absolute atomic E-state index is 0. The predicted octanol–water partition coefficient (Wildman–Crippen LogP) is -0.855. The number of rotatable bonds is 0. The van der Waals surface area contributed by atoms with Crippen molar-refractivity contribution in [3.63, 3.8) is 0 Å². The van der Waals surface area contributed by atoms with E-state index in [1.54, 1.807) is 0 Å². The van der Waals surface area contributed by atoms with E-state index < -0.39 is 9.53 Å². The average Bonchev–Trinajstić information content (AvgIpc) is 0.722. The number of thiol groups is 2. The molecule has 6 heavy (non-hydrogen) atoms. The van der Waals surface area contributed by atoms with Gasteiger partial charge in [0.15, 0.2) is 0 Å². The zero-order valence-electron chi connectivity index (χ0n) is 2.20. The summed E-state index contributed by atoms with van der Waals surface area (Å²) in [7, 11) is -3.94. The van der Waals surface area contributed by atoms with Crippen molar-refractivity contribution in [1.29, 1.82) is 0 Å². The van der Waals surface area contributed by atoms with Gasteiger partial charge in [-0.3, -0.25) is 0 Å². The van der Waals surface area contributed by atoms with Crippen LogP contribution in [0.5, 0.6) is 0 Å². The molecule has 0 aromatic heterocycles. The van der Waals surface area contributed by atoms with Gasteiger partial charge in [0.05, 0.1) is 0 Å². The second-order valence-corrected chi connectivity index (χ2v) is 3.10. The van der Waals surface area contributed by atoms with Crippen LogP contribution in [-0.4, -0.2) is 32.2 Å². The molecular formula is H5LiO3S2. The molecule has 0 aliphatic heterocycles. The fourth-order valence-electron chi connectivity index (χ4n) is 0. The zero-order valence-corrected chi connectivity index (χ0v) is 3.99. The molecule has 0 spiro atoms. The fraction of sp³-hybridized carbons (Fsp3) is 0. The van der Waals surface area contributed by atoms with E-state index in [-0.39, 0.29) is 18.9 Å². The summed E-state index contributed by atoms with van der Waals surface area (Å²) in [6.45, 7) is 0. The van der Waals surface area contributed by atoms with E-state index in [1.807, 2.05) is 0 Å². The Morgan fingerprint density at radius 3 is 1.50 bits per heavy atom. The Kier molecular flexibility index (Phi) is 5.17. The molecule has 0 amide bonds. The standard InChI is InChI=1S/Li.H4O3S2.H/c;1-5(2,3)4;/h;5H,(H3,1,2,3,4);. The quantitative estimate of drug-likeness (QED) is 0.193. The summed E-state index contributed by atoms with van der Waals surface area (Å²) in [6, 6.07) is 0. The molecule has 3 nitrogen and oxygen atoms in total. The molecule has 0 aliphatic carbocycles. The summed E-state index contributed by atoms with van der Waals surface area (Å²) < 4.78 is 24.2. The molecule has 2 N–H and O–H groups in total. The van der Waals surface area contributed by atoms with Gasteiger partial charge in [0.1, 0.15) is 9.53 Å². The fourth-order valence-corrected chi connectivity index (χ4v) is 0. The first-order valence-electron chi connectivity index (χ1n) is 0.783. The summed E-state index contributed by atoms with van der Waals surface area (Å²) >= 11 is 2.79. The van der Waals surface area contributed by atoms with Crippen LogP contribution in [0.4, 0.5) is 0 Å². The Labute approximate surface area is 53.6 Å². The van der Waals surface area contributed by atoms with Gasteiger partial charge in [-0.1, -0.05) is 11.7 Å². The monoisotopic (exact) mass is 124 g/mol. The maximum absolute atomic E-state index is 9.19. The molecule has 36 valence electrons. The molecule has 0 atom stereocenters. The van der Waals surface area contributed by atoms with E-state index in [0.717, 1.165) is 0 Å². The molecule has 0 saturated heterocycles. The third-order valence-corrected chi connectivity index (χ3v) is 0. The minimum atomic E-state index is -3.94. The second kappa shape index (κ2) is 3.08. The van der Waals surface area contributed by atoms with Gasteiger partial charge < -0.3 is 9.11 Å². The van der Waals surface area contributed by atoms with E-state index in [2.05, 4.69) is 11.7 Å². The van der Waals surface area contributed by atoms with Crippen LogP contribution in [0.1, 0.15) is 0 Å². The van der Waals surface area contributed by atoms with Crippen molar-refractivity contribution < 1.29 is 13.3 Å². The molecule has 0 aromatic carbocycles. The summed E-state index contributed by atoms with van der Waals surface area (Å²) in [6.07, 6.45) is 0. The zero-order chi connectivity index (χ0) is 4.50. The van der Waals surface area contributed by atoms with Crippen molar-refractivity contribution >= 4 is 40.0 Å². The van der Waals surface area contributed by atoms with E-state index >= 15 is 0 Å². The Morgan fingerprint density at radius 1 is 1.50 bits per heavy atom. The first kappa shape index (κ1) is 10.1. The Hall–Kier alpha value is 1.02. The van der Waals surface area contributed by atoms with E-state index in [1.165, 1.54) is 0 Å². The summed E-state index contributed by atoms with van der Waals surface area (Å²) in [5, 5.41) is 0. The van der Waals surface area contributed by atoms with Gasteiger partial charge in [-0.05, 0) is 0 Å². The Bertz CT molecular complexity index is 54.9. The topological polar surface area (TPSA) is 57.5 Å². The van der Waals surface area contributed by atoms with Gasteiger partial charge >= 0.3 is 18.9 Å². The van der Waals surface area contributed by atoms with E-state index in [9.17, 15) is 4.21 Å². The van der Waals surface area contributed by atoms with Crippen LogP contribution < -0.4 is 0 Å². The van der Waals surface area contributed by atoms with Crippen LogP contribution in [0.3, 0.4) is 0 Å². The van der Waals surface area contributed by atoms with Crippen LogP contribution in [-0.2, 0) is 9.53 Å². The molecule has 0 aromatic rings. The number of hydrogen-bond donors (Lipinski definition) is 4. The van der Waals surface area contributed by atoms with Gasteiger partial charge in [0.25, 0.3) is 0 Å². The van der Waals surface area contributed by atoms with Gasteiger partial charge in [0.2, 0.25) is 0 Å². The Balaban J connectivity index is 0. The molecular weight excluding hydrogens is 119 g/mol. The number of hydrogen-bond acceptors (Lipinski definition) is 1.